The lowest BCUT2D eigenvalue weighted by Gasteiger charge is -2.24. The Labute approximate surface area is 121 Å². The molecule has 0 radical (unpaired) electrons. The molecule has 2 rings (SSSR count). The number of carboxylic acids is 1. The van der Waals surface area contributed by atoms with Gasteiger partial charge in [0.2, 0.25) is 5.91 Å². The molecule has 1 saturated heterocycles. The second kappa shape index (κ2) is 7.09. The summed E-state index contributed by atoms with van der Waals surface area (Å²) in [4.78, 5) is 25.5. The highest BCUT2D eigenvalue weighted by atomic mass is 16.4. The Morgan fingerprint density at radius 3 is 2.50 bits per heavy atom. The molecule has 0 aromatic rings. The number of hydrogen-bond acceptors (Lipinski definition) is 2. The summed E-state index contributed by atoms with van der Waals surface area (Å²) < 4.78 is 0. The van der Waals surface area contributed by atoms with Crippen molar-refractivity contribution >= 4 is 11.9 Å². The second-order valence-electron chi connectivity index (χ2n) is 6.46. The van der Waals surface area contributed by atoms with Gasteiger partial charge in [-0.25, -0.2) is 0 Å². The van der Waals surface area contributed by atoms with Gasteiger partial charge < -0.3 is 10.0 Å². The molecule has 3 atom stereocenters. The van der Waals surface area contributed by atoms with Crippen LogP contribution in [0, 0.1) is 17.8 Å². The van der Waals surface area contributed by atoms with Crippen LogP contribution in [0.5, 0.6) is 0 Å². The number of rotatable bonds is 4. The van der Waals surface area contributed by atoms with Gasteiger partial charge in [-0.15, -0.1) is 0 Å². The van der Waals surface area contributed by atoms with Gasteiger partial charge >= 0.3 is 5.97 Å². The lowest BCUT2D eigenvalue weighted by Crippen LogP contribution is -2.36. The van der Waals surface area contributed by atoms with E-state index in [4.69, 9.17) is 5.11 Å². The van der Waals surface area contributed by atoms with Crippen molar-refractivity contribution in [2.45, 2.75) is 58.3 Å². The summed E-state index contributed by atoms with van der Waals surface area (Å²) in [6.45, 7) is 3.96. The molecule has 1 heterocycles. The third-order valence-electron chi connectivity index (χ3n) is 4.99. The highest BCUT2D eigenvalue weighted by molar-refractivity contribution is 5.81. The zero-order valence-corrected chi connectivity index (χ0v) is 12.5. The predicted molar refractivity (Wildman–Crippen MR) is 77.3 cm³/mol. The molecule has 1 N–H and O–H groups in total. The zero-order chi connectivity index (χ0) is 14.5. The lowest BCUT2D eigenvalue weighted by atomic mass is 9.96. The van der Waals surface area contributed by atoms with Crippen LogP contribution in [0.4, 0.5) is 0 Å². The normalized spacial score (nSPS) is 31.1. The molecule has 1 aliphatic carbocycles. The van der Waals surface area contributed by atoms with Crippen LogP contribution in [0.15, 0.2) is 0 Å². The monoisotopic (exact) mass is 281 g/mol. The molecular weight excluding hydrogens is 254 g/mol. The third kappa shape index (κ3) is 3.74. The first-order valence-electron chi connectivity index (χ1n) is 8.13. The quantitative estimate of drug-likeness (QED) is 0.862. The topological polar surface area (TPSA) is 57.6 Å². The van der Waals surface area contributed by atoms with Crippen LogP contribution in [-0.4, -0.2) is 35.0 Å². The molecule has 20 heavy (non-hydrogen) atoms. The van der Waals surface area contributed by atoms with E-state index in [1.807, 2.05) is 4.90 Å². The van der Waals surface area contributed by atoms with Gasteiger partial charge in [0.15, 0.2) is 0 Å². The number of likely N-dealkylation sites (tertiary alicyclic amines) is 1. The third-order valence-corrected chi connectivity index (χ3v) is 4.99. The Bertz CT molecular complexity index is 356. The number of nitrogens with zero attached hydrogens (tertiary/aromatic N) is 1. The molecule has 1 saturated carbocycles. The molecule has 0 spiro atoms. The minimum absolute atomic E-state index is 0.0428. The number of carboxylic acid groups (broad SMARTS) is 1. The summed E-state index contributed by atoms with van der Waals surface area (Å²) in [5.74, 6) is -0.0965. The average molecular weight is 281 g/mol. The van der Waals surface area contributed by atoms with Crippen molar-refractivity contribution in [3.8, 4) is 0 Å². The first-order chi connectivity index (χ1) is 9.61. The number of aliphatic carboxylic acids is 1. The number of carbonyl (C=O) groups excluding carboxylic acids is 1. The summed E-state index contributed by atoms with van der Waals surface area (Å²) >= 11 is 0. The summed E-state index contributed by atoms with van der Waals surface area (Å²) in [5.41, 5.74) is 0. The van der Waals surface area contributed by atoms with E-state index in [1.54, 1.807) is 0 Å². The van der Waals surface area contributed by atoms with E-state index >= 15 is 0 Å². The minimum Gasteiger partial charge on any atom is -0.481 e. The molecule has 0 aromatic heterocycles. The van der Waals surface area contributed by atoms with Crippen LogP contribution < -0.4 is 0 Å². The highest BCUT2D eigenvalue weighted by Gasteiger charge is 2.36. The maximum Gasteiger partial charge on any atom is 0.306 e. The number of amides is 1. The first-order valence-corrected chi connectivity index (χ1v) is 8.13. The second-order valence-corrected chi connectivity index (χ2v) is 6.46. The van der Waals surface area contributed by atoms with Gasteiger partial charge in [-0.2, -0.15) is 0 Å². The summed E-state index contributed by atoms with van der Waals surface area (Å²) in [5, 5.41) is 9.04. The van der Waals surface area contributed by atoms with E-state index in [0.29, 0.717) is 12.8 Å². The van der Waals surface area contributed by atoms with Crippen LogP contribution in [0.1, 0.15) is 58.3 Å². The van der Waals surface area contributed by atoms with Crippen LogP contribution in [0.2, 0.25) is 0 Å². The predicted octanol–water partition coefficient (Wildman–Crippen LogP) is 2.92. The molecule has 4 heteroatoms. The average Bonchev–Trinajstić information content (AvgIpc) is 2.80. The maximum absolute atomic E-state index is 12.5. The molecule has 1 aliphatic heterocycles. The van der Waals surface area contributed by atoms with Gasteiger partial charge in [-0.1, -0.05) is 19.8 Å². The molecular formula is C16H27NO3. The molecule has 0 bridgehead atoms. The van der Waals surface area contributed by atoms with Crippen molar-refractivity contribution in [2.24, 2.45) is 17.8 Å². The smallest absolute Gasteiger partial charge is 0.306 e. The van der Waals surface area contributed by atoms with Crippen LogP contribution in [0.25, 0.3) is 0 Å². The Hall–Kier alpha value is -1.06. The van der Waals surface area contributed by atoms with Crippen LogP contribution >= 0.6 is 0 Å². The fraction of sp³-hybridized carbons (Fsp3) is 0.875. The van der Waals surface area contributed by atoms with Gasteiger partial charge in [0.1, 0.15) is 0 Å². The van der Waals surface area contributed by atoms with E-state index in [9.17, 15) is 9.59 Å². The molecule has 2 aliphatic rings. The van der Waals surface area contributed by atoms with E-state index in [-0.39, 0.29) is 17.7 Å². The van der Waals surface area contributed by atoms with Gasteiger partial charge in [-0.05, 0) is 44.4 Å². The Balaban J connectivity index is 1.85. The molecule has 1 unspecified atom stereocenters. The number of carbonyl (C=O) groups is 2. The van der Waals surface area contributed by atoms with Crippen molar-refractivity contribution in [2.75, 3.05) is 13.1 Å². The minimum atomic E-state index is -0.737. The van der Waals surface area contributed by atoms with Crippen LogP contribution in [0.3, 0.4) is 0 Å². The van der Waals surface area contributed by atoms with E-state index < -0.39 is 5.97 Å². The number of hydrogen-bond donors (Lipinski definition) is 1. The van der Waals surface area contributed by atoms with Crippen molar-refractivity contribution in [1.82, 2.24) is 4.90 Å². The maximum atomic E-state index is 12.5. The Kier molecular flexibility index (Phi) is 5.44. The van der Waals surface area contributed by atoms with Gasteiger partial charge in [0, 0.05) is 19.0 Å². The zero-order valence-electron chi connectivity index (χ0n) is 12.5. The fourth-order valence-corrected chi connectivity index (χ4v) is 3.77. The van der Waals surface area contributed by atoms with Gasteiger partial charge in [0.05, 0.1) is 5.92 Å². The van der Waals surface area contributed by atoms with E-state index in [0.717, 1.165) is 38.3 Å². The fourth-order valence-electron chi connectivity index (χ4n) is 3.77. The standard InChI is InChI=1S/C16H27NO3/c1-2-4-12-5-3-9-17(10-8-12)15(18)13-6-7-14(11-13)16(19)20/h12-14H,2-11H2,1H3,(H,19,20)/t12?,13-,14+/m1/s1. The molecule has 1 amide bonds. The summed E-state index contributed by atoms with van der Waals surface area (Å²) in [6.07, 6.45) is 7.92. The Morgan fingerprint density at radius 2 is 1.85 bits per heavy atom. The van der Waals surface area contributed by atoms with Crippen molar-refractivity contribution in [3.63, 3.8) is 0 Å². The molecule has 2 fully saturated rings. The molecule has 114 valence electrons. The highest BCUT2D eigenvalue weighted by Crippen LogP contribution is 2.33. The summed E-state index contributed by atoms with van der Waals surface area (Å²) in [6, 6.07) is 0. The van der Waals surface area contributed by atoms with Crippen LogP contribution in [-0.2, 0) is 9.59 Å². The van der Waals surface area contributed by atoms with Gasteiger partial charge in [-0.3, -0.25) is 9.59 Å². The largest absolute Gasteiger partial charge is 0.481 e. The van der Waals surface area contributed by atoms with Crippen molar-refractivity contribution < 1.29 is 14.7 Å². The van der Waals surface area contributed by atoms with E-state index in [1.165, 1.54) is 19.3 Å². The molecule has 4 nitrogen and oxygen atoms in total. The van der Waals surface area contributed by atoms with Crippen molar-refractivity contribution in [1.29, 1.82) is 0 Å². The van der Waals surface area contributed by atoms with Gasteiger partial charge in [0.25, 0.3) is 0 Å². The lowest BCUT2D eigenvalue weighted by molar-refractivity contribution is -0.141. The van der Waals surface area contributed by atoms with E-state index in [2.05, 4.69) is 6.92 Å². The molecule has 0 aromatic carbocycles. The Morgan fingerprint density at radius 1 is 1.10 bits per heavy atom. The first kappa shape index (κ1) is 15.3. The van der Waals surface area contributed by atoms with Crippen molar-refractivity contribution in [3.05, 3.63) is 0 Å². The SMILES string of the molecule is CCCC1CCCN(C(=O)[C@@H]2CC[C@H](C(=O)O)C2)CC1. The summed E-state index contributed by atoms with van der Waals surface area (Å²) in [7, 11) is 0.